The van der Waals surface area contributed by atoms with Crippen molar-refractivity contribution in [2.24, 2.45) is 0 Å². The lowest BCUT2D eigenvalue weighted by atomic mass is 9.99. The number of nitrogens with zero attached hydrogens (tertiary/aromatic N) is 4. The Morgan fingerprint density at radius 3 is 2.70 bits per heavy atom. The van der Waals surface area contributed by atoms with Crippen LogP contribution in [0.2, 0.25) is 5.02 Å². The number of nitrogens with one attached hydrogen (secondary N) is 1. The van der Waals surface area contributed by atoms with Crippen LogP contribution in [0.5, 0.6) is 0 Å². The van der Waals surface area contributed by atoms with Gasteiger partial charge in [0.2, 0.25) is 0 Å². The number of aryl methyl sites for hydroxylation is 1. The molecular formula is C24H22ClN5O3. The highest BCUT2D eigenvalue weighted by molar-refractivity contribution is 6.34. The molecule has 168 valence electrons. The summed E-state index contributed by atoms with van der Waals surface area (Å²) < 4.78 is 3.86. The van der Waals surface area contributed by atoms with Gasteiger partial charge in [0.25, 0.3) is 5.91 Å². The first-order valence-electron chi connectivity index (χ1n) is 10.7. The number of hydrogen-bond donors (Lipinski definition) is 2. The molecule has 3 heterocycles. The highest BCUT2D eigenvalue weighted by Crippen LogP contribution is 2.32. The standard InChI is InChI=1S/C24H22ClN5O3/c1-14-2-6-21-18(8-14)19(10-23(31)32)22-7-3-15(11-30(21)22)28-24(33)17-5-4-16(9-20(17)25)29-12-26-27-13-29/h2,4-6,8-9,12-13,15H,3,7,10-11H2,1H3,(H,28,33)(H,31,32)/t15-/m1/s1. The molecule has 1 aliphatic heterocycles. The smallest absolute Gasteiger partial charge is 0.307 e. The maximum Gasteiger partial charge on any atom is 0.307 e. The van der Waals surface area contributed by atoms with Crippen molar-refractivity contribution in [3.63, 3.8) is 0 Å². The predicted molar refractivity (Wildman–Crippen MR) is 124 cm³/mol. The molecule has 2 aromatic carbocycles. The minimum absolute atomic E-state index is 0.00625. The van der Waals surface area contributed by atoms with Crippen LogP contribution in [0.25, 0.3) is 16.6 Å². The number of aromatic nitrogens is 4. The summed E-state index contributed by atoms with van der Waals surface area (Å²) in [7, 11) is 0. The summed E-state index contributed by atoms with van der Waals surface area (Å²) in [5.41, 5.74) is 5.18. The lowest BCUT2D eigenvalue weighted by Gasteiger charge is -2.27. The van der Waals surface area contributed by atoms with Gasteiger partial charge in [0.05, 0.1) is 17.0 Å². The van der Waals surface area contributed by atoms with Gasteiger partial charge >= 0.3 is 5.97 Å². The molecule has 0 bridgehead atoms. The maximum atomic E-state index is 13.0. The molecular weight excluding hydrogens is 442 g/mol. The maximum absolute atomic E-state index is 13.0. The Balaban J connectivity index is 1.39. The van der Waals surface area contributed by atoms with Crippen molar-refractivity contribution >= 4 is 34.4 Å². The van der Waals surface area contributed by atoms with Gasteiger partial charge in [-0.15, -0.1) is 10.2 Å². The van der Waals surface area contributed by atoms with Crippen molar-refractivity contribution in [1.29, 1.82) is 0 Å². The number of rotatable bonds is 5. The van der Waals surface area contributed by atoms with E-state index in [1.54, 1.807) is 35.4 Å². The van der Waals surface area contributed by atoms with Gasteiger partial charge in [0.1, 0.15) is 12.7 Å². The topological polar surface area (TPSA) is 102 Å². The molecule has 2 aromatic heterocycles. The van der Waals surface area contributed by atoms with Crippen molar-refractivity contribution in [2.45, 2.75) is 38.8 Å². The summed E-state index contributed by atoms with van der Waals surface area (Å²) in [6, 6.07) is 11.2. The second-order valence-electron chi connectivity index (χ2n) is 8.37. The van der Waals surface area contributed by atoms with Crippen molar-refractivity contribution in [3.8, 4) is 5.69 Å². The Kier molecular flexibility index (Phi) is 5.38. The highest BCUT2D eigenvalue weighted by Gasteiger charge is 2.27. The van der Waals surface area contributed by atoms with Crippen molar-refractivity contribution in [2.75, 3.05) is 0 Å². The second-order valence-corrected chi connectivity index (χ2v) is 8.78. The minimum atomic E-state index is -0.841. The molecule has 0 saturated carbocycles. The number of carboxylic acids is 1. The third kappa shape index (κ3) is 3.98. The minimum Gasteiger partial charge on any atom is -0.481 e. The zero-order valence-electron chi connectivity index (χ0n) is 18.0. The molecule has 0 spiro atoms. The molecule has 5 rings (SSSR count). The summed E-state index contributed by atoms with van der Waals surface area (Å²) in [5, 5.41) is 21.4. The molecule has 9 heteroatoms. The lowest BCUT2D eigenvalue weighted by Crippen LogP contribution is -2.41. The van der Waals surface area contributed by atoms with E-state index in [0.717, 1.165) is 39.8 Å². The second kappa shape index (κ2) is 8.37. The van der Waals surface area contributed by atoms with E-state index in [0.29, 0.717) is 23.6 Å². The summed E-state index contributed by atoms with van der Waals surface area (Å²) >= 11 is 6.41. The molecule has 8 nitrogen and oxygen atoms in total. The molecule has 1 amide bonds. The van der Waals surface area contributed by atoms with Crippen molar-refractivity contribution < 1.29 is 14.7 Å². The van der Waals surface area contributed by atoms with Crippen LogP contribution in [-0.2, 0) is 24.2 Å². The quantitative estimate of drug-likeness (QED) is 0.471. The number of halogens is 1. The van der Waals surface area contributed by atoms with Crippen LogP contribution in [0, 0.1) is 6.92 Å². The van der Waals surface area contributed by atoms with E-state index < -0.39 is 5.97 Å². The van der Waals surface area contributed by atoms with Crippen LogP contribution in [0.4, 0.5) is 0 Å². The predicted octanol–water partition coefficient (Wildman–Crippen LogP) is 3.56. The van der Waals surface area contributed by atoms with Gasteiger partial charge in [0.15, 0.2) is 0 Å². The van der Waals surface area contributed by atoms with E-state index in [1.165, 1.54) is 0 Å². The fourth-order valence-electron chi connectivity index (χ4n) is 4.62. The van der Waals surface area contributed by atoms with Gasteiger partial charge in [0, 0.05) is 34.9 Å². The number of amides is 1. The lowest BCUT2D eigenvalue weighted by molar-refractivity contribution is -0.136. The number of fused-ring (bicyclic) bond motifs is 3. The van der Waals surface area contributed by atoms with Crippen LogP contribution in [-0.4, -0.2) is 42.4 Å². The van der Waals surface area contributed by atoms with Crippen LogP contribution >= 0.6 is 11.6 Å². The highest BCUT2D eigenvalue weighted by atomic mass is 35.5. The van der Waals surface area contributed by atoms with Crippen molar-refractivity contribution in [1.82, 2.24) is 24.6 Å². The molecule has 33 heavy (non-hydrogen) atoms. The Morgan fingerprint density at radius 2 is 1.97 bits per heavy atom. The third-order valence-corrected chi connectivity index (χ3v) is 6.46. The van der Waals surface area contributed by atoms with E-state index in [1.807, 2.05) is 25.1 Å². The number of hydrogen-bond acceptors (Lipinski definition) is 4. The van der Waals surface area contributed by atoms with Gasteiger partial charge in [-0.05, 0) is 55.7 Å². The van der Waals surface area contributed by atoms with E-state index in [2.05, 4.69) is 20.1 Å². The summed E-state index contributed by atoms with van der Waals surface area (Å²) in [4.78, 5) is 24.5. The first kappa shape index (κ1) is 21.2. The number of benzene rings is 2. The fourth-order valence-corrected chi connectivity index (χ4v) is 4.88. The molecule has 2 N–H and O–H groups in total. The average Bonchev–Trinajstić information content (AvgIpc) is 3.41. The van der Waals surface area contributed by atoms with Crippen LogP contribution < -0.4 is 5.32 Å². The van der Waals surface area contributed by atoms with Gasteiger partial charge < -0.3 is 15.0 Å². The first-order chi connectivity index (χ1) is 15.9. The van der Waals surface area contributed by atoms with Gasteiger partial charge in [-0.2, -0.15) is 0 Å². The molecule has 0 aliphatic carbocycles. The van der Waals surface area contributed by atoms with Gasteiger partial charge in [-0.3, -0.25) is 14.2 Å². The summed E-state index contributed by atoms with van der Waals surface area (Å²) in [6.45, 7) is 2.58. The number of carbonyl (C=O) groups is 2. The molecule has 0 radical (unpaired) electrons. The Morgan fingerprint density at radius 1 is 1.18 bits per heavy atom. The Hall–Kier alpha value is -3.65. The number of aliphatic carboxylic acids is 1. The molecule has 1 aliphatic rings. The van der Waals surface area contributed by atoms with E-state index in [4.69, 9.17) is 11.6 Å². The van der Waals surface area contributed by atoms with Crippen LogP contribution in [0.15, 0.2) is 49.1 Å². The van der Waals surface area contributed by atoms with Crippen LogP contribution in [0.3, 0.4) is 0 Å². The van der Waals surface area contributed by atoms with Gasteiger partial charge in [-0.1, -0.05) is 23.2 Å². The monoisotopic (exact) mass is 463 g/mol. The third-order valence-electron chi connectivity index (χ3n) is 6.15. The fraction of sp³-hybridized carbons (Fsp3) is 0.250. The normalized spacial score (nSPS) is 15.4. The Bertz CT molecular complexity index is 1380. The zero-order chi connectivity index (χ0) is 23.1. The van der Waals surface area contributed by atoms with E-state index >= 15 is 0 Å². The average molecular weight is 464 g/mol. The molecule has 0 saturated heterocycles. The first-order valence-corrected chi connectivity index (χ1v) is 11.1. The zero-order valence-corrected chi connectivity index (χ0v) is 18.7. The largest absolute Gasteiger partial charge is 0.481 e. The number of carbonyl (C=O) groups excluding carboxylic acids is 1. The van der Waals surface area contributed by atoms with Crippen molar-refractivity contribution in [3.05, 3.63) is 76.5 Å². The molecule has 1 atom stereocenters. The van der Waals surface area contributed by atoms with Gasteiger partial charge in [-0.25, -0.2) is 0 Å². The van der Waals surface area contributed by atoms with Crippen LogP contribution in [0.1, 0.15) is 33.6 Å². The van der Waals surface area contributed by atoms with E-state index in [-0.39, 0.29) is 18.4 Å². The molecule has 0 fully saturated rings. The summed E-state index contributed by atoms with van der Waals surface area (Å²) in [6.07, 6.45) is 4.54. The molecule has 0 unspecified atom stereocenters. The Labute approximate surface area is 194 Å². The number of carboxylic acid groups (broad SMARTS) is 1. The van der Waals surface area contributed by atoms with E-state index in [9.17, 15) is 14.7 Å². The molecule has 4 aromatic rings. The summed E-state index contributed by atoms with van der Waals surface area (Å²) in [5.74, 6) is -1.08. The SMILES string of the molecule is Cc1ccc2c(c1)c(CC(=O)O)c1n2C[C@H](NC(=O)c2ccc(-n3cnnc3)cc2Cl)CC1.